The molecule has 0 bridgehead atoms. The van der Waals surface area contributed by atoms with Crippen molar-refractivity contribution in [2.45, 2.75) is 32.7 Å². The molecule has 0 unspecified atom stereocenters. The SMILES string of the molecule is CCCCCN(C)C(=O)c1cn(CC(=O)O)nn1. The van der Waals surface area contributed by atoms with Gasteiger partial charge < -0.3 is 10.0 Å². The predicted octanol–water partition coefficient (Wildman–Crippen LogP) is 0.625. The fraction of sp³-hybridized carbons (Fsp3) is 0.636. The smallest absolute Gasteiger partial charge is 0.325 e. The molecule has 0 aliphatic carbocycles. The van der Waals surface area contributed by atoms with Crippen molar-refractivity contribution >= 4 is 11.9 Å². The summed E-state index contributed by atoms with van der Waals surface area (Å²) in [5.41, 5.74) is 0.176. The average Bonchev–Trinajstić information content (AvgIpc) is 2.75. The first kappa shape index (κ1) is 14.1. The highest BCUT2D eigenvalue weighted by Crippen LogP contribution is 2.02. The van der Waals surface area contributed by atoms with E-state index in [1.54, 1.807) is 11.9 Å². The Morgan fingerprint density at radius 2 is 2.17 bits per heavy atom. The normalized spacial score (nSPS) is 10.3. The molecular formula is C11H18N4O3. The summed E-state index contributed by atoms with van der Waals surface area (Å²) in [6, 6.07) is 0. The molecule has 100 valence electrons. The Hall–Kier alpha value is -1.92. The number of rotatable bonds is 7. The van der Waals surface area contributed by atoms with Gasteiger partial charge in [0.05, 0.1) is 6.20 Å². The lowest BCUT2D eigenvalue weighted by molar-refractivity contribution is -0.137. The van der Waals surface area contributed by atoms with Crippen LogP contribution in [0.4, 0.5) is 0 Å². The molecule has 1 aromatic rings. The monoisotopic (exact) mass is 254 g/mol. The standard InChI is InChI=1S/C11H18N4O3/c1-3-4-5-6-14(2)11(18)9-7-15(13-12-9)8-10(16)17/h7H,3-6,8H2,1-2H3,(H,16,17). The third-order valence-corrected chi connectivity index (χ3v) is 2.50. The minimum atomic E-state index is -1.02. The first-order valence-corrected chi connectivity index (χ1v) is 5.92. The van der Waals surface area contributed by atoms with Gasteiger partial charge in [-0.15, -0.1) is 5.10 Å². The minimum absolute atomic E-state index is 0.176. The molecular weight excluding hydrogens is 236 g/mol. The molecule has 1 heterocycles. The maximum Gasteiger partial charge on any atom is 0.325 e. The molecule has 0 fully saturated rings. The van der Waals surface area contributed by atoms with E-state index in [1.165, 1.54) is 6.20 Å². The number of hydrogen-bond acceptors (Lipinski definition) is 4. The molecule has 1 N–H and O–H groups in total. The van der Waals surface area contributed by atoms with Gasteiger partial charge in [-0.05, 0) is 6.42 Å². The Morgan fingerprint density at radius 3 is 2.78 bits per heavy atom. The Bertz CT molecular complexity index is 416. The first-order chi connectivity index (χ1) is 8.54. The highest BCUT2D eigenvalue weighted by molar-refractivity contribution is 5.91. The van der Waals surface area contributed by atoms with Crippen LogP contribution in [0.1, 0.15) is 36.7 Å². The lowest BCUT2D eigenvalue weighted by atomic mass is 10.2. The molecule has 0 saturated carbocycles. The van der Waals surface area contributed by atoms with E-state index >= 15 is 0 Å². The lowest BCUT2D eigenvalue weighted by Crippen LogP contribution is -2.28. The number of carbonyl (C=O) groups is 2. The number of nitrogens with zero attached hydrogens (tertiary/aromatic N) is 4. The van der Waals surface area contributed by atoms with Crippen molar-refractivity contribution in [1.82, 2.24) is 19.9 Å². The summed E-state index contributed by atoms with van der Waals surface area (Å²) >= 11 is 0. The topological polar surface area (TPSA) is 88.3 Å². The van der Waals surface area contributed by atoms with Gasteiger partial charge >= 0.3 is 5.97 Å². The van der Waals surface area contributed by atoms with E-state index in [0.717, 1.165) is 23.9 Å². The zero-order valence-corrected chi connectivity index (χ0v) is 10.7. The van der Waals surface area contributed by atoms with Crippen molar-refractivity contribution in [2.75, 3.05) is 13.6 Å². The summed E-state index contributed by atoms with van der Waals surface area (Å²) in [7, 11) is 1.70. The number of aromatic nitrogens is 3. The number of amides is 1. The number of unbranched alkanes of at least 4 members (excludes halogenated alkanes) is 2. The van der Waals surface area contributed by atoms with Gasteiger partial charge in [0.25, 0.3) is 5.91 Å². The maximum absolute atomic E-state index is 11.9. The van der Waals surface area contributed by atoms with Crippen LogP contribution in [0.3, 0.4) is 0 Å². The van der Waals surface area contributed by atoms with Gasteiger partial charge in [-0.2, -0.15) is 0 Å². The summed E-state index contributed by atoms with van der Waals surface area (Å²) in [6.45, 7) is 2.47. The zero-order chi connectivity index (χ0) is 13.5. The molecule has 0 radical (unpaired) electrons. The van der Waals surface area contributed by atoms with Crippen molar-refractivity contribution in [1.29, 1.82) is 0 Å². The maximum atomic E-state index is 11.9. The van der Waals surface area contributed by atoms with Gasteiger partial charge in [0.1, 0.15) is 6.54 Å². The van der Waals surface area contributed by atoms with Gasteiger partial charge in [0, 0.05) is 13.6 Å². The van der Waals surface area contributed by atoms with Crippen molar-refractivity contribution in [3.05, 3.63) is 11.9 Å². The number of carboxylic acids is 1. The van der Waals surface area contributed by atoms with E-state index in [9.17, 15) is 9.59 Å². The average molecular weight is 254 g/mol. The van der Waals surface area contributed by atoms with Crippen LogP contribution in [0.25, 0.3) is 0 Å². The molecule has 1 aromatic heterocycles. The summed E-state index contributed by atoms with van der Waals surface area (Å²) < 4.78 is 1.13. The van der Waals surface area contributed by atoms with Crippen LogP contribution in [0.5, 0.6) is 0 Å². The van der Waals surface area contributed by atoms with Crippen molar-refractivity contribution < 1.29 is 14.7 Å². The van der Waals surface area contributed by atoms with Crippen molar-refractivity contribution in [3.63, 3.8) is 0 Å². The zero-order valence-electron chi connectivity index (χ0n) is 10.7. The van der Waals surface area contributed by atoms with Gasteiger partial charge in [0.15, 0.2) is 5.69 Å². The Balaban J connectivity index is 2.55. The van der Waals surface area contributed by atoms with Crippen molar-refractivity contribution in [3.8, 4) is 0 Å². The first-order valence-electron chi connectivity index (χ1n) is 5.92. The molecule has 0 aliphatic rings. The summed E-state index contributed by atoms with van der Waals surface area (Å²) in [6.07, 6.45) is 4.47. The molecule has 1 rings (SSSR count). The van der Waals surface area contributed by atoms with Crippen LogP contribution >= 0.6 is 0 Å². The molecule has 0 saturated heterocycles. The molecule has 18 heavy (non-hydrogen) atoms. The van der Waals surface area contributed by atoms with E-state index in [1.807, 2.05) is 0 Å². The van der Waals surface area contributed by atoms with Gasteiger partial charge in [-0.3, -0.25) is 9.59 Å². The van der Waals surface area contributed by atoms with Crippen molar-refractivity contribution in [2.24, 2.45) is 0 Å². The molecule has 7 nitrogen and oxygen atoms in total. The Labute approximate surface area is 105 Å². The summed E-state index contributed by atoms with van der Waals surface area (Å²) in [5, 5.41) is 15.9. The van der Waals surface area contributed by atoms with E-state index in [4.69, 9.17) is 5.11 Å². The second kappa shape index (κ2) is 6.73. The van der Waals surface area contributed by atoms with Gasteiger partial charge in [0.2, 0.25) is 0 Å². The third-order valence-electron chi connectivity index (χ3n) is 2.50. The largest absolute Gasteiger partial charge is 0.480 e. The van der Waals surface area contributed by atoms with E-state index in [-0.39, 0.29) is 18.1 Å². The lowest BCUT2D eigenvalue weighted by Gasteiger charge is -2.14. The van der Waals surface area contributed by atoms with Crippen LogP contribution in [-0.4, -0.2) is 50.5 Å². The Morgan fingerprint density at radius 1 is 1.44 bits per heavy atom. The second-order valence-electron chi connectivity index (χ2n) is 4.13. The van der Waals surface area contributed by atoms with Crippen LogP contribution in [0.15, 0.2) is 6.20 Å². The van der Waals surface area contributed by atoms with Gasteiger partial charge in [-0.25, -0.2) is 4.68 Å². The molecule has 0 aromatic carbocycles. The minimum Gasteiger partial charge on any atom is -0.480 e. The summed E-state index contributed by atoms with van der Waals surface area (Å²) in [4.78, 5) is 23.9. The molecule has 1 amide bonds. The van der Waals surface area contributed by atoms with E-state index < -0.39 is 5.97 Å². The highest BCUT2D eigenvalue weighted by Gasteiger charge is 2.15. The highest BCUT2D eigenvalue weighted by atomic mass is 16.4. The number of carboxylic acid groups (broad SMARTS) is 1. The Kier molecular flexibility index (Phi) is 5.29. The predicted molar refractivity (Wildman–Crippen MR) is 64.1 cm³/mol. The van der Waals surface area contributed by atoms with Crippen LogP contribution in [0.2, 0.25) is 0 Å². The second-order valence-corrected chi connectivity index (χ2v) is 4.13. The molecule has 0 aliphatic heterocycles. The van der Waals surface area contributed by atoms with Gasteiger partial charge in [-0.1, -0.05) is 25.0 Å². The van der Waals surface area contributed by atoms with E-state index in [2.05, 4.69) is 17.2 Å². The molecule has 0 spiro atoms. The van der Waals surface area contributed by atoms with E-state index in [0.29, 0.717) is 6.54 Å². The molecule has 7 heteroatoms. The summed E-state index contributed by atoms with van der Waals surface area (Å²) in [5.74, 6) is -1.25. The fourth-order valence-corrected chi connectivity index (χ4v) is 1.51. The number of aliphatic carboxylic acids is 1. The number of hydrogen-bond donors (Lipinski definition) is 1. The van der Waals surface area contributed by atoms with Crippen LogP contribution in [0, 0.1) is 0 Å². The van der Waals surface area contributed by atoms with Crippen LogP contribution in [-0.2, 0) is 11.3 Å². The van der Waals surface area contributed by atoms with Crippen LogP contribution < -0.4 is 0 Å². The third kappa shape index (κ3) is 4.15. The fourth-order valence-electron chi connectivity index (χ4n) is 1.51. The number of carbonyl (C=O) groups excluding carboxylic acids is 1. The molecule has 0 atom stereocenters. The quantitative estimate of drug-likeness (QED) is 0.721.